The van der Waals surface area contributed by atoms with Gasteiger partial charge in [-0.2, -0.15) is 0 Å². The van der Waals surface area contributed by atoms with Gasteiger partial charge in [0.2, 0.25) is 6.79 Å². The van der Waals surface area contributed by atoms with Crippen LogP contribution in [0, 0.1) is 0 Å². The third-order valence-electron chi connectivity index (χ3n) is 5.06. The van der Waals surface area contributed by atoms with Gasteiger partial charge in [0, 0.05) is 38.3 Å². The first kappa shape index (κ1) is 19.8. The molecular weight excluding hydrogens is 346 g/mol. The molecule has 27 heavy (non-hydrogen) atoms. The third-order valence-corrected chi connectivity index (χ3v) is 5.06. The van der Waals surface area contributed by atoms with E-state index in [1.54, 1.807) is 0 Å². The molecule has 0 unspecified atom stereocenters. The molecular formula is C20H31N3O4. The van der Waals surface area contributed by atoms with Gasteiger partial charge in [-0.05, 0) is 44.4 Å². The molecule has 0 saturated carbocycles. The summed E-state index contributed by atoms with van der Waals surface area (Å²) in [6.07, 6.45) is 1.88. The number of aliphatic imine (C=N–C) groups is 1. The predicted molar refractivity (Wildman–Crippen MR) is 105 cm³/mol. The number of nitrogens with one attached hydrogen (secondary N) is 2. The minimum atomic E-state index is -0.0541. The molecule has 0 aromatic heterocycles. The fourth-order valence-corrected chi connectivity index (χ4v) is 3.48. The van der Waals surface area contributed by atoms with Gasteiger partial charge in [-0.15, -0.1) is 0 Å². The zero-order valence-electron chi connectivity index (χ0n) is 16.4. The fraction of sp³-hybridized carbons (Fsp3) is 0.650. The van der Waals surface area contributed by atoms with Crippen LogP contribution in [0.2, 0.25) is 0 Å². The molecule has 0 spiro atoms. The van der Waals surface area contributed by atoms with Gasteiger partial charge in [0.05, 0.1) is 13.2 Å². The lowest BCUT2D eigenvalue weighted by atomic mass is 9.74. The summed E-state index contributed by atoms with van der Waals surface area (Å²) in [7, 11) is 0. The van der Waals surface area contributed by atoms with Gasteiger partial charge >= 0.3 is 0 Å². The number of nitrogens with zero attached hydrogens (tertiary/aromatic N) is 1. The normalized spacial score (nSPS) is 18.4. The highest BCUT2D eigenvalue weighted by molar-refractivity contribution is 5.79. The van der Waals surface area contributed by atoms with E-state index in [1.165, 1.54) is 5.56 Å². The van der Waals surface area contributed by atoms with Crippen LogP contribution >= 0.6 is 0 Å². The minimum absolute atomic E-state index is 0.0541. The summed E-state index contributed by atoms with van der Waals surface area (Å²) in [4.78, 5) is 4.89. The van der Waals surface area contributed by atoms with Crippen LogP contribution in [-0.4, -0.2) is 58.8 Å². The van der Waals surface area contributed by atoms with Crippen LogP contribution in [0.25, 0.3) is 0 Å². The molecule has 2 heterocycles. The quantitative estimate of drug-likeness (QED) is 0.410. The maximum absolute atomic E-state index is 5.63. The highest BCUT2D eigenvalue weighted by Crippen LogP contribution is 2.41. The number of rotatable bonds is 8. The zero-order chi connectivity index (χ0) is 19.0. The summed E-state index contributed by atoms with van der Waals surface area (Å²) >= 11 is 0. The van der Waals surface area contributed by atoms with E-state index < -0.39 is 0 Å². The van der Waals surface area contributed by atoms with Crippen LogP contribution in [-0.2, 0) is 14.9 Å². The molecule has 1 fully saturated rings. The molecule has 1 saturated heterocycles. The van der Waals surface area contributed by atoms with E-state index in [1.807, 2.05) is 13.0 Å². The van der Waals surface area contributed by atoms with Crippen molar-refractivity contribution in [3.63, 3.8) is 0 Å². The molecule has 0 radical (unpaired) electrons. The van der Waals surface area contributed by atoms with Gasteiger partial charge < -0.3 is 29.6 Å². The van der Waals surface area contributed by atoms with Gasteiger partial charge in [-0.3, -0.25) is 4.99 Å². The average Bonchev–Trinajstić information content (AvgIpc) is 3.18. The van der Waals surface area contributed by atoms with E-state index in [2.05, 4.69) is 29.7 Å². The van der Waals surface area contributed by atoms with E-state index >= 15 is 0 Å². The topological polar surface area (TPSA) is 73.3 Å². The Morgan fingerprint density at radius 1 is 1.15 bits per heavy atom. The van der Waals surface area contributed by atoms with E-state index in [9.17, 15) is 0 Å². The lowest BCUT2D eigenvalue weighted by molar-refractivity contribution is 0.0530. The van der Waals surface area contributed by atoms with E-state index in [0.29, 0.717) is 19.9 Å². The first-order valence-electron chi connectivity index (χ1n) is 9.85. The number of ether oxygens (including phenoxy) is 4. The van der Waals surface area contributed by atoms with Crippen LogP contribution < -0.4 is 20.1 Å². The Balaban J connectivity index is 1.75. The van der Waals surface area contributed by atoms with Gasteiger partial charge in [0.15, 0.2) is 17.5 Å². The molecule has 3 rings (SSSR count). The van der Waals surface area contributed by atoms with Crippen molar-refractivity contribution in [3.05, 3.63) is 23.8 Å². The molecule has 1 aromatic carbocycles. The summed E-state index contributed by atoms with van der Waals surface area (Å²) in [5.41, 5.74) is 1.19. The summed E-state index contributed by atoms with van der Waals surface area (Å²) in [6, 6.07) is 6.26. The van der Waals surface area contributed by atoms with Crippen LogP contribution in [0.1, 0.15) is 32.3 Å². The molecule has 2 aliphatic heterocycles. The summed E-state index contributed by atoms with van der Waals surface area (Å²) in [5, 5.41) is 6.66. The van der Waals surface area contributed by atoms with Crippen molar-refractivity contribution < 1.29 is 18.9 Å². The van der Waals surface area contributed by atoms with Gasteiger partial charge in [-0.25, -0.2) is 0 Å². The summed E-state index contributed by atoms with van der Waals surface area (Å²) in [6.45, 7) is 9.50. The van der Waals surface area contributed by atoms with Crippen LogP contribution in [0.5, 0.6) is 11.5 Å². The maximum Gasteiger partial charge on any atom is 0.231 e. The second-order valence-corrected chi connectivity index (χ2v) is 6.78. The molecule has 7 heteroatoms. The monoisotopic (exact) mass is 377 g/mol. The Morgan fingerprint density at radius 2 is 1.96 bits per heavy atom. The molecule has 0 aliphatic carbocycles. The van der Waals surface area contributed by atoms with E-state index in [-0.39, 0.29) is 5.41 Å². The molecule has 0 amide bonds. The first-order chi connectivity index (χ1) is 13.3. The van der Waals surface area contributed by atoms with Crippen molar-refractivity contribution >= 4 is 5.96 Å². The largest absolute Gasteiger partial charge is 0.454 e. The molecule has 2 N–H and O–H groups in total. The van der Waals surface area contributed by atoms with Crippen LogP contribution in [0.3, 0.4) is 0 Å². The lowest BCUT2D eigenvalue weighted by Crippen LogP contribution is -2.42. The molecule has 1 aromatic rings. The van der Waals surface area contributed by atoms with Crippen molar-refractivity contribution in [1.29, 1.82) is 0 Å². The summed E-state index contributed by atoms with van der Waals surface area (Å²) < 4.78 is 22.1. The molecule has 2 aliphatic rings. The summed E-state index contributed by atoms with van der Waals surface area (Å²) in [5.74, 6) is 2.46. The predicted octanol–water partition coefficient (Wildman–Crippen LogP) is 2.06. The van der Waals surface area contributed by atoms with Crippen molar-refractivity contribution in [2.45, 2.75) is 32.1 Å². The Labute approximate surface area is 161 Å². The highest BCUT2D eigenvalue weighted by atomic mass is 16.7. The van der Waals surface area contributed by atoms with Crippen molar-refractivity contribution in [3.8, 4) is 11.5 Å². The number of guanidine groups is 1. The SMILES string of the molecule is CCNC(=NCC1(c2ccc3c(c2)OCO3)CCOCC1)NCCOCC. The van der Waals surface area contributed by atoms with E-state index in [0.717, 1.165) is 63.2 Å². The Morgan fingerprint density at radius 3 is 2.74 bits per heavy atom. The van der Waals surface area contributed by atoms with Gasteiger partial charge in [0.1, 0.15) is 0 Å². The van der Waals surface area contributed by atoms with Crippen molar-refractivity contribution in [2.24, 2.45) is 4.99 Å². The molecule has 0 bridgehead atoms. The Kier molecular flexibility index (Phi) is 7.18. The van der Waals surface area contributed by atoms with Crippen molar-refractivity contribution in [2.75, 3.05) is 52.9 Å². The van der Waals surface area contributed by atoms with Crippen molar-refractivity contribution in [1.82, 2.24) is 10.6 Å². The number of fused-ring (bicyclic) bond motifs is 1. The highest BCUT2D eigenvalue weighted by Gasteiger charge is 2.35. The molecule has 150 valence electrons. The number of hydrogen-bond donors (Lipinski definition) is 2. The maximum atomic E-state index is 5.63. The number of hydrogen-bond acceptors (Lipinski definition) is 5. The van der Waals surface area contributed by atoms with Gasteiger partial charge in [0.25, 0.3) is 0 Å². The van der Waals surface area contributed by atoms with Gasteiger partial charge in [-0.1, -0.05) is 6.07 Å². The molecule has 0 atom stereocenters. The van der Waals surface area contributed by atoms with Crippen LogP contribution in [0.15, 0.2) is 23.2 Å². The fourth-order valence-electron chi connectivity index (χ4n) is 3.48. The standard InChI is InChI=1S/C20H31N3O4/c1-3-21-19(22-9-12-24-4-2)23-14-20(7-10-25-11-8-20)16-5-6-17-18(13-16)27-15-26-17/h5-6,13H,3-4,7-12,14-15H2,1-2H3,(H2,21,22,23). The zero-order valence-corrected chi connectivity index (χ0v) is 16.4. The Hall–Kier alpha value is -1.99. The second-order valence-electron chi connectivity index (χ2n) is 6.78. The second kappa shape index (κ2) is 9.80. The third kappa shape index (κ3) is 5.05. The van der Waals surface area contributed by atoms with E-state index in [4.69, 9.17) is 23.9 Å². The number of benzene rings is 1. The average molecular weight is 377 g/mol. The van der Waals surface area contributed by atoms with Crippen LogP contribution in [0.4, 0.5) is 0 Å². The minimum Gasteiger partial charge on any atom is -0.454 e. The Bertz CT molecular complexity index is 630. The molecule has 7 nitrogen and oxygen atoms in total. The smallest absolute Gasteiger partial charge is 0.231 e. The first-order valence-corrected chi connectivity index (χ1v) is 9.85. The lowest BCUT2D eigenvalue weighted by Gasteiger charge is -2.36.